The van der Waals surface area contributed by atoms with Crippen molar-refractivity contribution in [3.05, 3.63) is 34.5 Å². The van der Waals surface area contributed by atoms with Crippen molar-refractivity contribution in [2.45, 2.75) is 35.7 Å². The maximum Gasteiger partial charge on any atom is 0.266 e. The van der Waals surface area contributed by atoms with Crippen LogP contribution < -0.4 is 10.0 Å². The van der Waals surface area contributed by atoms with Gasteiger partial charge in [0.1, 0.15) is 10.7 Å². The maximum absolute atomic E-state index is 14.5. The zero-order valence-corrected chi connectivity index (χ0v) is 17.3. The third-order valence-electron chi connectivity index (χ3n) is 4.46. The largest absolute Gasteiger partial charge is 0.379 e. The van der Waals surface area contributed by atoms with Crippen molar-refractivity contribution in [3.63, 3.8) is 0 Å². The molecule has 0 saturated heterocycles. The fraction of sp³-hybridized carbons (Fsp3) is 0.438. The number of hydrogen-bond donors (Lipinski definition) is 2. The monoisotopic (exact) mass is 454 g/mol. The number of anilines is 2. The van der Waals surface area contributed by atoms with E-state index in [-0.39, 0.29) is 22.3 Å². The molecule has 0 aliphatic heterocycles. The molecule has 0 bridgehead atoms. The number of nitrogens with one attached hydrogen (secondary N) is 2. The Bertz CT molecular complexity index is 955. The molecule has 1 fully saturated rings. The Kier molecular flexibility index (Phi) is 5.81. The van der Waals surface area contributed by atoms with Crippen molar-refractivity contribution >= 4 is 43.8 Å². The van der Waals surface area contributed by atoms with Crippen molar-refractivity contribution in [1.82, 2.24) is 9.88 Å². The zero-order valence-electron chi connectivity index (χ0n) is 14.9. The number of alkyl halides is 2. The van der Waals surface area contributed by atoms with Crippen molar-refractivity contribution in [3.8, 4) is 0 Å². The Hall–Kier alpha value is -1.56. The first-order chi connectivity index (χ1) is 13.0. The summed E-state index contributed by atoms with van der Waals surface area (Å²) in [5, 5.41) is 4.40. The maximum atomic E-state index is 14.5. The topological polar surface area (TPSA) is 74.3 Å². The first kappa shape index (κ1) is 21.2. The molecule has 0 amide bonds. The minimum absolute atomic E-state index is 0.0573. The highest BCUT2D eigenvalue weighted by molar-refractivity contribution is 7.93. The molecule has 1 aromatic heterocycles. The van der Waals surface area contributed by atoms with Gasteiger partial charge in [0.15, 0.2) is 5.13 Å². The molecule has 0 unspecified atom stereocenters. The van der Waals surface area contributed by atoms with Gasteiger partial charge in [-0.15, -0.1) is 11.3 Å². The van der Waals surface area contributed by atoms with Crippen LogP contribution in [0.1, 0.15) is 12.8 Å². The van der Waals surface area contributed by atoms with Crippen molar-refractivity contribution < 1.29 is 21.6 Å². The molecule has 154 valence electrons. The third-order valence-corrected chi connectivity index (χ3v) is 6.94. The van der Waals surface area contributed by atoms with Crippen LogP contribution in [-0.4, -0.2) is 50.4 Å². The van der Waals surface area contributed by atoms with Crippen LogP contribution in [-0.2, 0) is 10.0 Å². The van der Waals surface area contributed by atoms with E-state index in [1.165, 1.54) is 6.20 Å². The molecule has 2 atom stereocenters. The van der Waals surface area contributed by atoms with Crippen molar-refractivity contribution in [2.75, 3.05) is 24.1 Å². The lowest BCUT2D eigenvalue weighted by Gasteiger charge is -2.27. The molecule has 0 spiro atoms. The quantitative estimate of drug-likeness (QED) is 0.693. The van der Waals surface area contributed by atoms with Crippen molar-refractivity contribution in [2.24, 2.45) is 0 Å². The summed E-state index contributed by atoms with van der Waals surface area (Å²) in [6.07, 6.45) is 0.638. The first-order valence-corrected chi connectivity index (χ1v) is 10.9. The van der Waals surface area contributed by atoms with E-state index in [0.717, 1.165) is 23.5 Å². The van der Waals surface area contributed by atoms with Gasteiger partial charge in [0.2, 0.25) is 0 Å². The minimum atomic E-state index is -4.24. The number of rotatable bonds is 6. The number of halogens is 4. The summed E-state index contributed by atoms with van der Waals surface area (Å²) in [6.45, 7) is 0. The molecular weight excluding hydrogens is 437 g/mol. The highest BCUT2D eigenvalue weighted by Crippen LogP contribution is 2.40. The van der Waals surface area contributed by atoms with Crippen LogP contribution in [0.4, 0.5) is 24.0 Å². The van der Waals surface area contributed by atoms with E-state index in [1.54, 1.807) is 24.4 Å². The number of nitrogens with zero attached hydrogens (tertiary/aromatic N) is 2. The molecule has 1 aromatic carbocycles. The van der Waals surface area contributed by atoms with Crippen LogP contribution in [0.5, 0.6) is 0 Å². The van der Waals surface area contributed by atoms with E-state index < -0.39 is 45.2 Å². The van der Waals surface area contributed by atoms with E-state index in [4.69, 9.17) is 11.6 Å². The molecule has 1 aliphatic carbocycles. The van der Waals surface area contributed by atoms with Gasteiger partial charge in [-0.2, -0.15) is 0 Å². The molecule has 1 heterocycles. The lowest BCUT2D eigenvalue weighted by molar-refractivity contribution is 0.00282. The lowest BCUT2D eigenvalue weighted by atomic mass is 10.1. The van der Waals surface area contributed by atoms with E-state index in [9.17, 15) is 21.6 Å². The molecular formula is C16H18ClF3N4O2S2. The van der Waals surface area contributed by atoms with Crippen molar-refractivity contribution in [1.29, 1.82) is 0 Å². The standard InChI is InChI=1S/C16H18ClF3N4O2S2/c1-24(2)13-8-16(19,20)7-12(13)22-11-6-10(18)14(5-9(11)17)28(25,26)23-15-21-3-4-27-15/h3-6,12-13,22H,7-8H2,1-2H3,(H,21,23)/t12-,13-/m0/s1. The first-order valence-electron chi connectivity index (χ1n) is 8.21. The number of benzene rings is 1. The Morgan fingerprint density at radius 1 is 1.32 bits per heavy atom. The number of hydrogen-bond acceptors (Lipinski definition) is 6. The summed E-state index contributed by atoms with van der Waals surface area (Å²) < 4.78 is 69.1. The van der Waals surface area contributed by atoms with Gasteiger partial charge in [-0.3, -0.25) is 4.72 Å². The molecule has 1 saturated carbocycles. The lowest BCUT2D eigenvalue weighted by Crippen LogP contribution is -2.39. The summed E-state index contributed by atoms with van der Waals surface area (Å²) in [5.41, 5.74) is 0.0573. The SMILES string of the molecule is CN(C)[C@H]1CC(F)(F)C[C@@H]1Nc1cc(F)c(S(=O)(=O)Nc2nccs2)cc1Cl. The fourth-order valence-corrected chi connectivity index (χ4v) is 5.33. The average Bonchev–Trinajstić information content (AvgIpc) is 3.17. The zero-order chi connectivity index (χ0) is 20.7. The third kappa shape index (κ3) is 4.53. The van der Waals surface area contributed by atoms with E-state index in [2.05, 4.69) is 15.0 Å². The summed E-state index contributed by atoms with van der Waals surface area (Å²) in [4.78, 5) is 4.80. The van der Waals surface area contributed by atoms with Crippen LogP contribution in [0.2, 0.25) is 5.02 Å². The van der Waals surface area contributed by atoms with Crippen LogP contribution in [0, 0.1) is 5.82 Å². The second-order valence-electron chi connectivity index (χ2n) is 6.75. The summed E-state index contributed by atoms with van der Waals surface area (Å²) in [5.74, 6) is -3.90. The molecule has 28 heavy (non-hydrogen) atoms. The van der Waals surface area contributed by atoms with Gasteiger partial charge in [-0.25, -0.2) is 26.6 Å². The van der Waals surface area contributed by atoms with Crippen LogP contribution in [0.3, 0.4) is 0 Å². The highest BCUT2D eigenvalue weighted by Gasteiger charge is 2.47. The number of likely N-dealkylation sites (N-methyl/N-ethyl adjacent to an activating group) is 1. The van der Waals surface area contributed by atoms with Gasteiger partial charge in [0.25, 0.3) is 15.9 Å². The predicted molar refractivity (Wildman–Crippen MR) is 103 cm³/mol. The second kappa shape index (κ2) is 7.69. The Morgan fingerprint density at radius 2 is 2.04 bits per heavy atom. The van der Waals surface area contributed by atoms with Gasteiger partial charge < -0.3 is 10.2 Å². The molecule has 3 rings (SSSR count). The van der Waals surface area contributed by atoms with Crippen LogP contribution in [0.15, 0.2) is 28.6 Å². The second-order valence-corrected chi connectivity index (χ2v) is 9.70. The molecule has 12 heteroatoms. The Labute approximate surface area is 169 Å². The smallest absolute Gasteiger partial charge is 0.266 e. The van der Waals surface area contributed by atoms with Gasteiger partial charge in [0, 0.05) is 36.5 Å². The summed E-state index contributed by atoms with van der Waals surface area (Å²) in [6, 6.07) is 0.705. The summed E-state index contributed by atoms with van der Waals surface area (Å²) in [7, 11) is -0.874. The van der Waals surface area contributed by atoms with Crippen LogP contribution in [0.25, 0.3) is 0 Å². The Balaban J connectivity index is 1.86. The number of sulfonamides is 1. The molecule has 2 N–H and O–H groups in total. The normalized spacial score (nSPS) is 21.8. The molecule has 0 radical (unpaired) electrons. The van der Waals surface area contributed by atoms with Gasteiger partial charge in [0.05, 0.1) is 10.7 Å². The Morgan fingerprint density at radius 3 is 2.64 bits per heavy atom. The van der Waals surface area contributed by atoms with E-state index in [0.29, 0.717) is 0 Å². The summed E-state index contributed by atoms with van der Waals surface area (Å²) >= 11 is 7.17. The van der Waals surface area contributed by atoms with Gasteiger partial charge in [-0.1, -0.05) is 11.6 Å². The molecule has 6 nitrogen and oxygen atoms in total. The highest BCUT2D eigenvalue weighted by atomic mass is 35.5. The van der Waals surface area contributed by atoms with Gasteiger partial charge >= 0.3 is 0 Å². The predicted octanol–water partition coefficient (Wildman–Crippen LogP) is 3.88. The van der Waals surface area contributed by atoms with Crippen LogP contribution >= 0.6 is 22.9 Å². The van der Waals surface area contributed by atoms with E-state index >= 15 is 0 Å². The number of thiazole rings is 1. The fourth-order valence-electron chi connectivity index (χ4n) is 3.17. The minimum Gasteiger partial charge on any atom is -0.379 e. The van der Waals surface area contributed by atoms with Gasteiger partial charge in [-0.05, 0) is 26.2 Å². The average molecular weight is 455 g/mol. The van der Waals surface area contributed by atoms with E-state index in [1.807, 2.05) is 0 Å². The number of aromatic nitrogens is 1. The molecule has 1 aliphatic rings. The molecule has 2 aromatic rings.